The van der Waals surface area contributed by atoms with Gasteiger partial charge < -0.3 is 5.11 Å². The molecule has 0 atom stereocenters. The molecule has 0 aliphatic carbocycles. The van der Waals surface area contributed by atoms with Crippen molar-refractivity contribution in [3.63, 3.8) is 0 Å². The number of carboxylic acid groups (broad SMARTS) is 1. The summed E-state index contributed by atoms with van der Waals surface area (Å²) in [6, 6.07) is 5.97. The van der Waals surface area contributed by atoms with Crippen LogP contribution >= 0.6 is 0 Å². The zero-order valence-electron chi connectivity index (χ0n) is 8.77. The molecule has 0 bridgehead atoms. The normalized spacial score (nSPS) is 10.1. The molecule has 1 rings (SSSR count). The van der Waals surface area contributed by atoms with Crippen LogP contribution in [0.2, 0.25) is 0 Å². The molecule has 0 fully saturated rings. The van der Waals surface area contributed by atoms with Gasteiger partial charge in [0.2, 0.25) is 0 Å². The molecule has 4 nitrogen and oxygen atoms in total. The quantitative estimate of drug-likeness (QED) is 0.831. The number of nitriles is 1. The Balaban J connectivity index is 2.75. The summed E-state index contributed by atoms with van der Waals surface area (Å²) in [5.74, 6) is -1.45. The van der Waals surface area contributed by atoms with Crippen LogP contribution in [0.1, 0.15) is 11.1 Å². The standard InChI is InChI=1S/C11H11FN2O2/c1-14(7-11(15)16)6-9-3-2-8(5-13)4-10(9)12/h2-4H,6-7H2,1H3,(H,15,16). The zero-order chi connectivity index (χ0) is 12.1. The lowest BCUT2D eigenvalue weighted by molar-refractivity contribution is -0.138. The Labute approximate surface area is 92.5 Å². The number of benzene rings is 1. The number of aliphatic carboxylic acids is 1. The summed E-state index contributed by atoms with van der Waals surface area (Å²) in [6.45, 7) is 0.0449. The molecule has 0 spiro atoms. The summed E-state index contributed by atoms with van der Waals surface area (Å²) in [5, 5.41) is 17.1. The van der Waals surface area contributed by atoms with Gasteiger partial charge in [0.25, 0.3) is 0 Å². The van der Waals surface area contributed by atoms with Crippen LogP contribution in [0.15, 0.2) is 18.2 Å². The van der Waals surface area contributed by atoms with Gasteiger partial charge in [-0.25, -0.2) is 4.39 Å². The maximum atomic E-state index is 13.4. The van der Waals surface area contributed by atoms with E-state index in [9.17, 15) is 9.18 Å². The highest BCUT2D eigenvalue weighted by Crippen LogP contribution is 2.11. The van der Waals surface area contributed by atoms with Crippen LogP contribution in [0.25, 0.3) is 0 Å². The molecule has 0 aliphatic rings. The average molecular weight is 222 g/mol. The predicted octanol–water partition coefficient (Wildman–Crippen LogP) is 1.21. The number of carbonyl (C=O) groups is 1. The number of hydrogen-bond acceptors (Lipinski definition) is 3. The van der Waals surface area contributed by atoms with Gasteiger partial charge in [0.15, 0.2) is 0 Å². The van der Waals surface area contributed by atoms with Crippen LogP contribution in [-0.4, -0.2) is 29.6 Å². The fourth-order valence-corrected chi connectivity index (χ4v) is 1.32. The number of nitrogens with zero attached hydrogens (tertiary/aromatic N) is 2. The minimum atomic E-state index is -0.962. The van der Waals surface area contributed by atoms with Crippen molar-refractivity contribution in [1.82, 2.24) is 4.90 Å². The Bertz CT molecular complexity index is 440. The first kappa shape index (κ1) is 12.1. The first-order valence-electron chi connectivity index (χ1n) is 4.62. The molecule has 0 saturated heterocycles. The van der Waals surface area contributed by atoms with Gasteiger partial charge in [0.1, 0.15) is 5.82 Å². The van der Waals surface area contributed by atoms with Crippen molar-refractivity contribution in [3.8, 4) is 6.07 Å². The van der Waals surface area contributed by atoms with Crippen LogP contribution < -0.4 is 0 Å². The highest BCUT2D eigenvalue weighted by atomic mass is 19.1. The Morgan fingerprint density at radius 2 is 2.31 bits per heavy atom. The molecule has 0 radical (unpaired) electrons. The van der Waals surface area contributed by atoms with Gasteiger partial charge in [0, 0.05) is 12.1 Å². The molecular formula is C11H11FN2O2. The van der Waals surface area contributed by atoms with E-state index in [1.807, 2.05) is 6.07 Å². The third-order valence-corrected chi connectivity index (χ3v) is 2.03. The van der Waals surface area contributed by atoms with Gasteiger partial charge in [-0.1, -0.05) is 6.07 Å². The van der Waals surface area contributed by atoms with Gasteiger partial charge in [-0.2, -0.15) is 5.26 Å². The van der Waals surface area contributed by atoms with E-state index in [-0.39, 0.29) is 18.7 Å². The zero-order valence-corrected chi connectivity index (χ0v) is 8.77. The molecule has 84 valence electrons. The van der Waals surface area contributed by atoms with E-state index in [2.05, 4.69) is 0 Å². The van der Waals surface area contributed by atoms with E-state index in [0.717, 1.165) is 6.07 Å². The first-order chi connectivity index (χ1) is 7.52. The van der Waals surface area contributed by atoms with Crippen LogP contribution in [-0.2, 0) is 11.3 Å². The lowest BCUT2D eigenvalue weighted by Crippen LogP contribution is -2.25. The molecule has 16 heavy (non-hydrogen) atoms. The van der Waals surface area contributed by atoms with Crippen molar-refractivity contribution in [2.24, 2.45) is 0 Å². The summed E-state index contributed by atoms with van der Waals surface area (Å²) in [4.78, 5) is 11.9. The van der Waals surface area contributed by atoms with E-state index >= 15 is 0 Å². The highest BCUT2D eigenvalue weighted by Gasteiger charge is 2.09. The van der Waals surface area contributed by atoms with E-state index in [1.54, 1.807) is 7.05 Å². The first-order valence-corrected chi connectivity index (χ1v) is 4.62. The number of likely N-dealkylation sites (N-methyl/N-ethyl adjacent to an activating group) is 1. The summed E-state index contributed by atoms with van der Waals surface area (Å²) in [7, 11) is 1.59. The SMILES string of the molecule is CN(CC(=O)O)Cc1ccc(C#N)cc1F. The molecule has 0 aliphatic heterocycles. The minimum Gasteiger partial charge on any atom is -0.480 e. The van der Waals surface area contributed by atoms with E-state index in [4.69, 9.17) is 10.4 Å². The van der Waals surface area contributed by atoms with Crippen molar-refractivity contribution < 1.29 is 14.3 Å². The van der Waals surface area contributed by atoms with Crippen molar-refractivity contribution in [1.29, 1.82) is 5.26 Å². The van der Waals surface area contributed by atoms with Crippen LogP contribution in [0, 0.1) is 17.1 Å². The molecule has 1 aromatic rings. The maximum Gasteiger partial charge on any atom is 0.317 e. The van der Waals surface area contributed by atoms with E-state index < -0.39 is 11.8 Å². The van der Waals surface area contributed by atoms with Crippen molar-refractivity contribution >= 4 is 5.97 Å². The number of carboxylic acids is 1. The number of rotatable bonds is 4. The summed E-state index contributed by atoms with van der Waals surface area (Å²) in [6.07, 6.45) is 0. The van der Waals surface area contributed by atoms with E-state index in [1.165, 1.54) is 17.0 Å². The van der Waals surface area contributed by atoms with Gasteiger partial charge in [0.05, 0.1) is 18.2 Å². The lowest BCUT2D eigenvalue weighted by Gasteiger charge is -2.14. The third-order valence-electron chi connectivity index (χ3n) is 2.03. The fraction of sp³-hybridized carbons (Fsp3) is 0.273. The smallest absolute Gasteiger partial charge is 0.317 e. The predicted molar refractivity (Wildman–Crippen MR) is 55.1 cm³/mol. The summed E-state index contributed by atoms with van der Waals surface area (Å²) in [5.41, 5.74) is 0.630. The Kier molecular flexibility index (Phi) is 3.97. The summed E-state index contributed by atoms with van der Waals surface area (Å²) < 4.78 is 13.4. The maximum absolute atomic E-state index is 13.4. The molecule has 0 unspecified atom stereocenters. The largest absolute Gasteiger partial charge is 0.480 e. The Morgan fingerprint density at radius 3 is 2.81 bits per heavy atom. The second kappa shape index (κ2) is 5.24. The minimum absolute atomic E-state index is 0.153. The molecule has 5 heteroatoms. The van der Waals surface area contributed by atoms with Crippen LogP contribution in [0.3, 0.4) is 0 Å². The van der Waals surface area contributed by atoms with Gasteiger partial charge >= 0.3 is 5.97 Å². The fourth-order valence-electron chi connectivity index (χ4n) is 1.32. The van der Waals surface area contributed by atoms with E-state index in [0.29, 0.717) is 5.56 Å². The number of hydrogen-bond donors (Lipinski definition) is 1. The van der Waals surface area contributed by atoms with Crippen LogP contribution in [0.4, 0.5) is 4.39 Å². The second-order valence-corrected chi connectivity index (χ2v) is 3.48. The Hall–Kier alpha value is -1.93. The molecule has 0 amide bonds. The van der Waals surface area contributed by atoms with Crippen molar-refractivity contribution in [2.45, 2.75) is 6.54 Å². The number of halogens is 1. The monoisotopic (exact) mass is 222 g/mol. The third kappa shape index (κ3) is 3.33. The van der Waals surface area contributed by atoms with Gasteiger partial charge in [-0.05, 0) is 19.2 Å². The summed E-state index contributed by atoms with van der Waals surface area (Å²) >= 11 is 0. The molecule has 1 aromatic carbocycles. The molecule has 1 N–H and O–H groups in total. The van der Waals surface area contributed by atoms with Crippen molar-refractivity contribution in [2.75, 3.05) is 13.6 Å². The molecular weight excluding hydrogens is 211 g/mol. The average Bonchev–Trinajstić information content (AvgIpc) is 2.19. The molecule has 0 heterocycles. The Morgan fingerprint density at radius 1 is 1.62 bits per heavy atom. The van der Waals surface area contributed by atoms with Gasteiger partial charge in [-0.3, -0.25) is 9.69 Å². The lowest BCUT2D eigenvalue weighted by atomic mass is 10.1. The highest BCUT2D eigenvalue weighted by molar-refractivity contribution is 5.69. The molecule has 0 saturated carbocycles. The second-order valence-electron chi connectivity index (χ2n) is 3.48. The van der Waals surface area contributed by atoms with Crippen LogP contribution in [0.5, 0.6) is 0 Å². The van der Waals surface area contributed by atoms with Crippen molar-refractivity contribution in [3.05, 3.63) is 35.1 Å². The topological polar surface area (TPSA) is 64.3 Å². The molecule has 0 aromatic heterocycles. The van der Waals surface area contributed by atoms with Gasteiger partial charge in [-0.15, -0.1) is 0 Å².